The van der Waals surface area contributed by atoms with Crippen LogP contribution in [0.3, 0.4) is 0 Å². The molecule has 0 aromatic heterocycles. The molecular formula is C51H90O9. The molecule has 60 heavy (non-hydrogen) atoms. The smallest absolute Gasteiger partial charge is 0.306 e. The molecule has 1 aliphatic heterocycles. The topological polar surface area (TPSA) is 135 Å². The van der Waals surface area contributed by atoms with E-state index < -0.39 is 43.4 Å². The van der Waals surface area contributed by atoms with E-state index in [9.17, 15) is 25.2 Å². The molecule has 0 radical (unpaired) electrons. The lowest BCUT2D eigenvalue weighted by Gasteiger charge is -2.39. The molecular weight excluding hydrogens is 757 g/mol. The van der Waals surface area contributed by atoms with Crippen LogP contribution in [-0.4, -0.2) is 89.6 Å². The zero-order valence-electron chi connectivity index (χ0n) is 38.2. The standard InChI is InChI=1S/C51H90O9/c1-3-5-7-9-11-13-15-17-19-21-22-23-24-25-26-28-30-32-34-36-38-40-47(53)59-45(44-58-51-50(56)49(55)48(54)46(42-52)60-51)43-57-41-39-37-35-33-31-29-27-20-18-16-14-12-10-8-6-4-2/h6,8,12,14,18,20,29,31,35,37,45-46,48-52,54-56H,3-5,7,9-11,13,15-17,19,21-28,30,32-34,36,38-44H2,1-2H3/b8-6-,14-12-,20-18-,31-29-,37-35-. The largest absolute Gasteiger partial charge is 0.457 e. The van der Waals surface area contributed by atoms with Crippen LogP contribution in [0.4, 0.5) is 0 Å². The molecule has 4 N–H and O–H groups in total. The van der Waals surface area contributed by atoms with E-state index in [1.54, 1.807) is 0 Å². The molecule has 348 valence electrons. The molecule has 1 saturated heterocycles. The summed E-state index contributed by atoms with van der Waals surface area (Å²) in [5, 5.41) is 40.2. The number of aliphatic hydroxyl groups is 4. The Hall–Kier alpha value is -2.11. The maximum absolute atomic E-state index is 12.8. The molecule has 0 bridgehead atoms. The van der Waals surface area contributed by atoms with Gasteiger partial charge in [0.25, 0.3) is 0 Å². The molecule has 6 unspecified atom stereocenters. The average Bonchev–Trinajstić information content (AvgIpc) is 3.25. The fourth-order valence-electron chi connectivity index (χ4n) is 7.20. The molecule has 6 atom stereocenters. The van der Waals surface area contributed by atoms with Crippen LogP contribution in [0.1, 0.15) is 194 Å². The molecule has 0 spiro atoms. The summed E-state index contributed by atoms with van der Waals surface area (Å²) in [5.74, 6) is -0.336. The zero-order valence-corrected chi connectivity index (χ0v) is 38.2. The summed E-state index contributed by atoms with van der Waals surface area (Å²) >= 11 is 0. The molecule has 0 aliphatic carbocycles. The van der Waals surface area contributed by atoms with Gasteiger partial charge >= 0.3 is 5.97 Å². The van der Waals surface area contributed by atoms with Crippen LogP contribution in [0, 0.1) is 0 Å². The van der Waals surface area contributed by atoms with Gasteiger partial charge in [-0.1, -0.05) is 203 Å². The minimum Gasteiger partial charge on any atom is -0.457 e. The number of aliphatic hydroxyl groups excluding tert-OH is 4. The van der Waals surface area contributed by atoms with Gasteiger partial charge in [0, 0.05) is 6.42 Å². The Kier molecular flexibility index (Phi) is 39.3. The van der Waals surface area contributed by atoms with Gasteiger partial charge < -0.3 is 39.4 Å². The Labute approximate surface area is 366 Å². The summed E-state index contributed by atoms with van der Waals surface area (Å²) in [7, 11) is 0. The Morgan fingerprint density at radius 2 is 0.983 bits per heavy atom. The van der Waals surface area contributed by atoms with Gasteiger partial charge in [0.05, 0.1) is 26.4 Å². The summed E-state index contributed by atoms with van der Waals surface area (Å²) in [6.07, 6.45) is 47.1. The first-order valence-electron chi connectivity index (χ1n) is 24.4. The second-order valence-corrected chi connectivity index (χ2v) is 16.5. The second kappa shape index (κ2) is 42.2. The van der Waals surface area contributed by atoms with Crippen LogP contribution in [0.25, 0.3) is 0 Å². The summed E-state index contributed by atoms with van der Waals surface area (Å²) in [6.45, 7) is 4.24. The van der Waals surface area contributed by atoms with Crippen LogP contribution in [0.2, 0.25) is 0 Å². The zero-order chi connectivity index (χ0) is 43.6. The number of esters is 1. The minimum atomic E-state index is -1.55. The quantitative estimate of drug-likeness (QED) is 0.0269. The van der Waals surface area contributed by atoms with Crippen molar-refractivity contribution in [3.63, 3.8) is 0 Å². The lowest BCUT2D eigenvalue weighted by molar-refractivity contribution is -0.305. The highest BCUT2D eigenvalue weighted by Crippen LogP contribution is 2.23. The fourth-order valence-corrected chi connectivity index (χ4v) is 7.20. The minimum absolute atomic E-state index is 0.0905. The number of hydrogen-bond acceptors (Lipinski definition) is 9. The van der Waals surface area contributed by atoms with Crippen LogP contribution in [0.15, 0.2) is 60.8 Å². The highest BCUT2D eigenvalue weighted by molar-refractivity contribution is 5.69. The van der Waals surface area contributed by atoms with E-state index in [1.807, 2.05) is 0 Å². The van der Waals surface area contributed by atoms with Crippen molar-refractivity contribution in [3.05, 3.63) is 60.8 Å². The maximum atomic E-state index is 12.8. The van der Waals surface area contributed by atoms with E-state index in [-0.39, 0.29) is 19.2 Å². The van der Waals surface area contributed by atoms with Crippen molar-refractivity contribution in [3.8, 4) is 0 Å². The van der Waals surface area contributed by atoms with E-state index in [1.165, 1.54) is 116 Å². The van der Waals surface area contributed by atoms with E-state index in [0.29, 0.717) is 19.4 Å². The number of rotatable bonds is 41. The molecule has 1 heterocycles. The summed E-state index contributed by atoms with van der Waals surface area (Å²) in [6, 6.07) is 0. The number of carbonyl (C=O) groups is 1. The number of ether oxygens (including phenoxy) is 4. The molecule has 1 rings (SSSR count). The third-order valence-electron chi connectivity index (χ3n) is 11.0. The van der Waals surface area contributed by atoms with E-state index in [0.717, 1.165) is 51.4 Å². The Morgan fingerprint density at radius 1 is 0.550 bits per heavy atom. The number of carbonyl (C=O) groups excluding carboxylic acids is 1. The van der Waals surface area contributed by atoms with E-state index in [4.69, 9.17) is 18.9 Å². The third kappa shape index (κ3) is 32.6. The van der Waals surface area contributed by atoms with Crippen molar-refractivity contribution in [2.75, 3.05) is 26.4 Å². The van der Waals surface area contributed by atoms with Crippen molar-refractivity contribution in [2.45, 2.75) is 230 Å². The number of hydrogen-bond donors (Lipinski definition) is 4. The molecule has 9 heteroatoms. The lowest BCUT2D eigenvalue weighted by Crippen LogP contribution is -2.59. The number of allylic oxidation sites excluding steroid dienone is 9. The van der Waals surface area contributed by atoms with Crippen molar-refractivity contribution in [2.24, 2.45) is 0 Å². The molecule has 0 aromatic rings. The summed E-state index contributed by atoms with van der Waals surface area (Å²) < 4.78 is 22.7. The fraction of sp³-hybridized carbons (Fsp3) is 0.784. The first-order chi connectivity index (χ1) is 29.4. The van der Waals surface area contributed by atoms with Crippen LogP contribution < -0.4 is 0 Å². The number of unbranched alkanes of at least 4 members (excludes halogenated alkanes) is 20. The molecule has 0 aromatic carbocycles. The van der Waals surface area contributed by atoms with Crippen molar-refractivity contribution < 1.29 is 44.2 Å². The SMILES string of the molecule is CC/C=C\C/C=C\C/C=C\C/C=C\C/C=C\CCOCC(COC1OC(CO)C(O)C(O)C1O)OC(=O)CCCCCCCCCCCCCCCCCCCCCCC. The summed E-state index contributed by atoms with van der Waals surface area (Å²) in [5.41, 5.74) is 0. The van der Waals surface area contributed by atoms with Gasteiger partial charge in [-0.2, -0.15) is 0 Å². The lowest BCUT2D eigenvalue weighted by atomic mass is 9.99. The molecule has 9 nitrogen and oxygen atoms in total. The van der Waals surface area contributed by atoms with Gasteiger partial charge in [-0.15, -0.1) is 0 Å². The van der Waals surface area contributed by atoms with Crippen LogP contribution >= 0.6 is 0 Å². The Morgan fingerprint density at radius 3 is 1.43 bits per heavy atom. The third-order valence-corrected chi connectivity index (χ3v) is 11.0. The average molecular weight is 847 g/mol. The van der Waals surface area contributed by atoms with Crippen molar-refractivity contribution in [1.82, 2.24) is 0 Å². The Balaban J connectivity index is 2.25. The maximum Gasteiger partial charge on any atom is 0.306 e. The predicted molar refractivity (Wildman–Crippen MR) is 247 cm³/mol. The van der Waals surface area contributed by atoms with Gasteiger partial charge in [-0.3, -0.25) is 4.79 Å². The van der Waals surface area contributed by atoms with Crippen LogP contribution in [-0.2, 0) is 23.7 Å². The monoisotopic (exact) mass is 847 g/mol. The van der Waals surface area contributed by atoms with Gasteiger partial charge in [0.15, 0.2) is 6.29 Å². The van der Waals surface area contributed by atoms with E-state index >= 15 is 0 Å². The van der Waals surface area contributed by atoms with Crippen LogP contribution in [0.5, 0.6) is 0 Å². The van der Waals surface area contributed by atoms with Gasteiger partial charge in [-0.25, -0.2) is 0 Å². The van der Waals surface area contributed by atoms with Gasteiger partial charge in [0.2, 0.25) is 0 Å². The first-order valence-corrected chi connectivity index (χ1v) is 24.4. The Bertz CT molecular complexity index is 1100. The predicted octanol–water partition coefficient (Wildman–Crippen LogP) is 11.5. The van der Waals surface area contributed by atoms with Gasteiger partial charge in [-0.05, 0) is 44.9 Å². The van der Waals surface area contributed by atoms with Gasteiger partial charge in [0.1, 0.15) is 30.5 Å². The molecule has 1 aliphatic rings. The highest BCUT2D eigenvalue weighted by Gasteiger charge is 2.44. The van der Waals surface area contributed by atoms with Crippen molar-refractivity contribution in [1.29, 1.82) is 0 Å². The molecule has 1 fully saturated rings. The first kappa shape index (κ1) is 55.9. The normalized spacial score (nSPS) is 20.5. The van der Waals surface area contributed by atoms with E-state index in [2.05, 4.69) is 74.6 Å². The molecule has 0 amide bonds. The molecule has 0 saturated carbocycles. The second-order valence-electron chi connectivity index (χ2n) is 16.5. The van der Waals surface area contributed by atoms with Crippen molar-refractivity contribution >= 4 is 5.97 Å². The highest BCUT2D eigenvalue weighted by atomic mass is 16.7. The summed E-state index contributed by atoms with van der Waals surface area (Å²) in [4.78, 5) is 12.8.